The predicted octanol–water partition coefficient (Wildman–Crippen LogP) is 5.54. The number of rotatable bonds is 5. The standard InChI is InChI=1S/C23H19ClN6S/c1-15-6-7-21-26-18(13-29(21)12-15)14-31-23-28-27-22(17-8-10-25-11-9-17)30(23)20-5-3-4-19(24)16(20)2/h3-13H,14H2,1-2H3. The van der Waals surface area contributed by atoms with Crippen LogP contribution in [0.25, 0.3) is 22.7 Å². The number of nitrogens with zero attached hydrogens (tertiary/aromatic N) is 6. The lowest BCUT2D eigenvalue weighted by Crippen LogP contribution is -2.02. The van der Waals surface area contributed by atoms with Gasteiger partial charge in [0.05, 0.1) is 11.4 Å². The predicted molar refractivity (Wildman–Crippen MR) is 124 cm³/mol. The fourth-order valence-corrected chi connectivity index (χ4v) is 4.47. The zero-order valence-corrected chi connectivity index (χ0v) is 18.6. The fraction of sp³-hybridized carbons (Fsp3) is 0.130. The molecule has 8 heteroatoms. The van der Waals surface area contributed by atoms with Crippen LogP contribution in [0.5, 0.6) is 0 Å². The van der Waals surface area contributed by atoms with Crippen LogP contribution >= 0.6 is 23.4 Å². The highest BCUT2D eigenvalue weighted by atomic mass is 35.5. The zero-order chi connectivity index (χ0) is 21.4. The first-order valence-corrected chi connectivity index (χ1v) is 11.1. The molecular weight excluding hydrogens is 428 g/mol. The van der Waals surface area contributed by atoms with Crippen LogP contribution in [-0.4, -0.2) is 29.1 Å². The summed E-state index contributed by atoms with van der Waals surface area (Å²) in [6.45, 7) is 4.08. The summed E-state index contributed by atoms with van der Waals surface area (Å²) < 4.78 is 4.11. The van der Waals surface area contributed by atoms with Gasteiger partial charge >= 0.3 is 0 Å². The molecule has 31 heavy (non-hydrogen) atoms. The Hall–Kier alpha value is -3.16. The molecule has 5 aromatic rings. The van der Waals surface area contributed by atoms with Crippen LogP contribution < -0.4 is 0 Å². The van der Waals surface area contributed by atoms with Crippen LogP contribution in [0, 0.1) is 13.8 Å². The van der Waals surface area contributed by atoms with E-state index in [1.54, 1.807) is 24.2 Å². The van der Waals surface area contributed by atoms with E-state index in [0.29, 0.717) is 10.8 Å². The van der Waals surface area contributed by atoms with Gasteiger partial charge in [0.25, 0.3) is 0 Å². The highest BCUT2D eigenvalue weighted by molar-refractivity contribution is 7.98. The molecule has 6 nitrogen and oxygen atoms in total. The first-order valence-electron chi connectivity index (χ1n) is 9.78. The summed E-state index contributed by atoms with van der Waals surface area (Å²) in [6.07, 6.45) is 7.65. The Bertz CT molecular complexity index is 1380. The highest BCUT2D eigenvalue weighted by Gasteiger charge is 2.19. The molecule has 0 radical (unpaired) electrons. The van der Waals surface area contributed by atoms with Crippen molar-refractivity contribution in [2.45, 2.75) is 24.8 Å². The molecule has 0 fully saturated rings. The van der Waals surface area contributed by atoms with Crippen LogP contribution in [0.2, 0.25) is 5.02 Å². The molecule has 154 valence electrons. The number of pyridine rings is 2. The second-order valence-electron chi connectivity index (χ2n) is 7.25. The maximum absolute atomic E-state index is 6.43. The second-order valence-corrected chi connectivity index (χ2v) is 8.60. The summed E-state index contributed by atoms with van der Waals surface area (Å²) in [7, 11) is 0. The molecule has 0 saturated heterocycles. The Labute approximate surface area is 189 Å². The Morgan fingerprint density at radius 1 is 0.968 bits per heavy atom. The third-order valence-electron chi connectivity index (χ3n) is 5.05. The van der Waals surface area contributed by atoms with E-state index >= 15 is 0 Å². The van der Waals surface area contributed by atoms with E-state index in [1.165, 1.54) is 5.56 Å². The minimum atomic E-state index is 0.675. The van der Waals surface area contributed by atoms with E-state index in [4.69, 9.17) is 16.6 Å². The molecule has 1 aromatic carbocycles. The topological polar surface area (TPSA) is 60.9 Å². The van der Waals surface area contributed by atoms with E-state index in [9.17, 15) is 0 Å². The molecule has 0 bridgehead atoms. The molecule has 5 rings (SSSR count). The Balaban J connectivity index is 1.55. The van der Waals surface area contributed by atoms with Crippen molar-refractivity contribution < 1.29 is 0 Å². The summed E-state index contributed by atoms with van der Waals surface area (Å²) in [5.41, 5.74) is 5.99. The van der Waals surface area contributed by atoms with Crippen molar-refractivity contribution >= 4 is 29.0 Å². The van der Waals surface area contributed by atoms with Crippen molar-refractivity contribution in [3.05, 3.63) is 89.1 Å². The summed E-state index contributed by atoms with van der Waals surface area (Å²) in [5, 5.41) is 10.5. The van der Waals surface area contributed by atoms with Gasteiger partial charge in [0.15, 0.2) is 11.0 Å². The molecule has 0 amide bonds. The van der Waals surface area contributed by atoms with Gasteiger partial charge in [-0.25, -0.2) is 4.98 Å². The number of aryl methyl sites for hydroxylation is 1. The minimum Gasteiger partial charge on any atom is -0.307 e. The monoisotopic (exact) mass is 446 g/mol. The lowest BCUT2D eigenvalue weighted by atomic mass is 10.2. The quantitative estimate of drug-likeness (QED) is 0.332. The van der Waals surface area contributed by atoms with Crippen LogP contribution in [0.1, 0.15) is 16.8 Å². The number of benzene rings is 1. The van der Waals surface area contributed by atoms with Crippen molar-refractivity contribution in [3.63, 3.8) is 0 Å². The van der Waals surface area contributed by atoms with Crippen molar-refractivity contribution in [2.75, 3.05) is 0 Å². The number of thioether (sulfide) groups is 1. The van der Waals surface area contributed by atoms with Crippen LogP contribution in [0.4, 0.5) is 0 Å². The lowest BCUT2D eigenvalue weighted by Gasteiger charge is -2.13. The molecule has 0 unspecified atom stereocenters. The van der Waals surface area contributed by atoms with E-state index < -0.39 is 0 Å². The summed E-state index contributed by atoms with van der Waals surface area (Å²) in [6, 6.07) is 13.8. The number of hydrogen-bond donors (Lipinski definition) is 0. The van der Waals surface area contributed by atoms with Gasteiger partial charge in [0, 0.05) is 41.1 Å². The van der Waals surface area contributed by atoms with Crippen molar-refractivity contribution in [3.8, 4) is 17.1 Å². The summed E-state index contributed by atoms with van der Waals surface area (Å²) >= 11 is 8.03. The van der Waals surface area contributed by atoms with Gasteiger partial charge in [-0.2, -0.15) is 0 Å². The Morgan fingerprint density at radius 2 is 1.81 bits per heavy atom. The van der Waals surface area contributed by atoms with Crippen molar-refractivity contribution in [1.82, 2.24) is 29.1 Å². The molecule has 0 atom stereocenters. The van der Waals surface area contributed by atoms with Gasteiger partial charge in [-0.15, -0.1) is 10.2 Å². The number of imidazole rings is 1. The summed E-state index contributed by atoms with van der Waals surface area (Å²) in [4.78, 5) is 8.84. The molecule has 0 saturated carbocycles. The smallest absolute Gasteiger partial charge is 0.196 e. The fourth-order valence-electron chi connectivity index (χ4n) is 3.47. The van der Waals surface area contributed by atoms with Crippen LogP contribution in [0.3, 0.4) is 0 Å². The van der Waals surface area contributed by atoms with Gasteiger partial charge in [0.1, 0.15) is 5.65 Å². The molecule has 4 aromatic heterocycles. The van der Waals surface area contributed by atoms with E-state index in [1.807, 2.05) is 43.3 Å². The van der Waals surface area contributed by atoms with Gasteiger partial charge in [-0.3, -0.25) is 9.55 Å². The van der Waals surface area contributed by atoms with Gasteiger partial charge in [-0.05, 0) is 55.3 Å². The second kappa shape index (κ2) is 8.17. The minimum absolute atomic E-state index is 0.675. The van der Waals surface area contributed by atoms with Crippen LogP contribution in [-0.2, 0) is 5.75 Å². The van der Waals surface area contributed by atoms with E-state index in [0.717, 1.165) is 39.1 Å². The lowest BCUT2D eigenvalue weighted by molar-refractivity contribution is 0.879. The average Bonchev–Trinajstić information content (AvgIpc) is 3.38. The highest BCUT2D eigenvalue weighted by Crippen LogP contribution is 2.32. The van der Waals surface area contributed by atoms with Crippen LogP contribution in [0.15, 0.2) is 72.4 Å². The average molecular weight is 447 g/mol. The van der Waals surface area contributed by atoms with Crippen molar-refractivity contribution in [1.29, 1.82) is 0 Å². The largest absolute Gasteiger partial charge is 0.307 e. The molecule has 0 aliphatic carbocycles. The Morgan fingerprint density at radius 3 is 2.65 bits per heavy atom. The summed E-state index contributed by atoms with van der Waals surface area (Å²) in [5.74, 6) is 1.43. The first kappa shape index (κ1) is 19.8. The van der Waals surface area contributed by atoms with Crippen molar-refractivity contribution in [2.24, 2.45) is 0 Å². The maximum atomic E-state index is 6.43. The van der Waals surface area contributed by atoms with Gasteiger partial charge < -0.3 is 4.40 Å². The SMILES string of the molecule is Cc1ccc2nc(CSc3nnc(-c4ccncc4)n3-c3cccc(Cl)c3C)cn2c1. The molecule has 0 spiro atoms. The molecule has 0 aliphatic rings. The first-order chi connectivity index (χ1) is 15.1. The van der Waals surface area contributed by atoms with Gasteiger partial charge in [-0.1, -0.05) is 35.5 Å². The molecule has 4 heterocycles. The number of aromatic nitrogens is 6. The van der Waals surface area contributed by atoms with E-state index in [-0.39, 0.29) is 0 Å². The van der Waals surface area contributed by atoms with E-state index in [2.05, 4.69) is 49.5 Å². The number of halogens is 1. The third-order valence-corrected chi connectivity index (χ3v) is 6.42. The molecule has 0 N–H and O–H groups in total. The molecule has 0 aliphatic heterocycles. The molecular formula is C23H19ClN6S. The van der Waals surface area contributed by atoms with Gasteiger partial charge in [0.2, 0.25) is 0 Å². The third kappa shape index (κ3) is 3.82. The maximum Gasteiger partial charge on any atom is 0.196 e. The zero-order valence-electron chi connectivity index (χ0n) is 17.0. The Kier molecular flexibility index (Phi) is 5.21. The number of fused-ring (bicyclic) bond motifs is 1. The number of hydrogen-bond acceptors (Lipinski definition) is 5. The normalized spacial score (nSPS) is 11.3.